The van der Waals surface area contributed by atoms with Crippen LogP contribution in [0.25, 0.3) is 0 Å². The largest absolute Gasteiger partial charge is 0.341 e. The van der Waals surface area contributed by atoms with Gasteiger partial charge in [0.2, 0.25) is 5.95 Å². The molecule has 3 aromatic rings. The van der Waals surface area contributed by atoms with E-state index < -0.39 is 0 Å². The van der Waals surface area contributed by atoms with Crippen molar-refractivity contribution in [3.8, 4) is 0 Å². The van der Waals surface area contributed by atoms with Crippen molar-refractivity contribution in [2.24, 2.45) is 0 Å². The lowest BCUT2D eigenvalue weighted by atomic mass is 10.0. The van der Waals surface area contributed by atoms with Gasteiger partial charge in [-0.2, -0.15) is 11.3 Å². The van der Waals surface area contributed by atoms with Gasteiger partial charge >= 0.3 is 0 Å². The van der Waals surface area contributed by atoms with Crippen LogP contribution in [0.1, 0.15) is 47.7 Å². The summed E-state index contributed by atoms with van der Waals surface area (Å²) in [6, 6.07) is 6.47. The number of piperidine rings is 1. The molecule has 0 saturated carbocycles. The summed E-state index contributed by atoms with van der Waals surface area (Å²) in [4.78, 5) is 16.2. The summed E-state index contributed by atoms with van der Waals surface area (Å²) in [6.07, 6.45) is 10.5. The van der Waals surface area contributed by atoms with Crippen molar-refractivity contribution in [3.63, 3.8) is 0 Å². The Morgan fingerprint density at radius 2 is 1.89 bits per heavy atom. The first-order valence-electron chi connectivity index (χ1n) is 10.0. The van der Waals surface area contributed by atoms with E-state index in [1.54, 1.807) is 11.3 Å². The number of aryl methyl sites for hydroxylation is 1. The van der Waals surface area contributed by atoms with Crippen LogP contribution in [0.2, 0.25) is 0 Å². The lowest BCUT2D eigenvalue weighted by Gasteiger charge is -2.26. The van der Waals surface area contributed by atoms with Crippen molar-refractivity contribution in [2.45, 2.75) is 45.2 Å². The van der Waals surface area contributed by atoms with Gasteiger partial charge in [0.1, 0.15) is 0 Å². The first-order valence-corrected chi connectivity index (χ1v) is 11.0. The molecule has 0 spiro atoms. The van der Waals surface area contributed by atoms with Gasteiger partial charge in [-0.3, -0.25) is 4.98 Å². The Bertz CT molecular complexity index is 857. The van der Waals surface area contributed by atoms with Crippen LogP contribution < -0.4 is 10.2 Å². The van der Waals surface area contributed by atoms with Gasteiger partial charge in [0.25, 0.3) is 0 Å². The van der Waals surface area contributed by atoms with Gasteiger partial charge in [-0.15, -0.1) is 0 Å². The predicted molar refractivity (Wildman–Crippen MR) is 115 cm³/mol. The van der Waals surface area contributed by atoms with E-state index in [1.165, 1.54) is 30.4 Å². The molecule has 1 fully saturated rings. The van der Waals surface area contributed by atoms with E-state index in [0.29, 0.717) is 0 Å². The quantitative estimate of drug-likeness (QED) is 0.648. The minimum absolute atomic E-state index is 0.164. The van der Waals surface area contributed by atoms with E-state index in [2.05, 4.69) is 55.0 Å². The number of pyridine rings is 1. The maximum Gasteiger partial charge on any atom is 0.225 e. The molecule has 4 heterocycles. The van der Waals surface area contributed by atoms with E-state index >= 15 is 0 Å². The number of hydrogen-bond acceptors (Lipinski definition) is 6. The predicted octanol–water partition coefficient (Wildman–Crippen LogP) is 4.31. The zero-order valence-corrected chi connectivity index (χ0v) is 17.2. The van der Waals surface area contributed by atoms with Gasteiger partial charge in [0.15, 0.2) is 0 Å². The fourth-order valence-corrected chi connectivity index (χ4v) is 4.39. The van der Waals surface area contributed by atoms with Crippen LogP contribution in [0.3, 0.4) is 0 Å². The fourth-order valence-electron chi connectivity index (χ4n) is 3.71. The molecule has 1 N–H and O–H groups in total. The molecule has 0 amide bonds. The van der Waals surface area contributed by atoms with Crippen LogP contribution in [0.4, 0.5) is 5.95 Å². The summed E-state index contributed by atoms with van der Waals surface area (Å²) in [5.41, 5.74) is 4.76. The summed E-state index contributed by atoms with van der Waals surface area (Å²) in [5, 5.41) is 8.02. The average Bonchev–Trinajstić information content (AvgIpc) is 3.26. The summed E-state index contributed by atoms with van der Waals surface area (Å²) in [6.45, 7) is 4.99. The number of nitrogens with zero attached hydrogens (tertiary/aromatic N) is 4. The van der Waals surface area contributed by atoms with Crippen LogP contribution in [0.5, 0.6) is 0 Å². The molecule has 0 aliphatic carbocycles. The topological polar surface area (TPSA) is 53.9 Å². The molecule has 1 aliphatic heterocycles. The number of aromatic nitrogens is 3. The van der Waals surface area contributed by atoms with Gasteiger partial charge in [-0.1, -0.05) is 6.07 Å². The molecule has 0 unspecified atom stereocenters. The van der Waals surface area contributed by atoms with Crippen LogP contribution >= 0.6 is 11.3 Å². The van der Waals surface area contributed by atoms with Gasteiger partial charge in [-0.05, 0) is 66.6 Å². The molecule has 1 aliphatic rings. The second kappa shape index (κ2) is 9.26. The zero-order valence-electron chi connectivity index (χ0n) is 16.3. The van der Waals surface area contributed by atoms with Gasteiger partial charge in [0.05, 0.1) is 11.7 Å². The highest BCUT2D eigenvalue weighted by Crippen LogP contribution is 2.22. The summed E-state index contributed by atoms with van der Waals surface area (Å²) >= 11 is 1.74. The number of nitrogens with one attached hydrogen (secondary N) is 1. The third kappa shape index (κ3) is 4.75. The van der Waals surface area contributed by atoms with Crippen molar-refractivity contribution < 1.29 is 0 Å². The monoisotopic (exact) mass is 393 g/mol. The lowest BCUT2D eigenvalue weighted by Crippen LogP contribution is -2.31. The molecule has 6 heteroatoms. The van der Waals surface area contributed by atoms with Crippen molar-refractivity contribution in [2.75, 3.05) is 18.0 Å². The van der Waals surface area contributed by atoms with Gasteiger partial charge < -0.3 is 10.2 Å². The maximum absolute atomic E-state index is 4.65. The standard InChI is InChI=1S/C22H27N5S/c1-17-6-5-8-23-21(17)20(12-18-7-11-28-16-18)24-13-19-14-25-22(26-15-19)27-9-3-2-4-10-27/h5-8,11,14-16,20,24H,2-4,9-10,12-13H2,1H3/t20-/m0/s1. The molecule has 28 heavy (non-hydrogen) atoms. The smallest absolute Gasteiger partial charge is 0.225 e. The Balaban J connectivity index is 1.44. The highest BCUT2D eigenvalue weighted by atomic mass is 32.1. The Morgan fingerprint density at radius 1 is 1.07 bits per heavy atom. The molecule has 146 valence electrons. The van der Waals surface area contributed by atoms with Crippen LogP contribution in [0, 0.1) is 6.92 Å². The van der Waals surface area contributed by atoms with Crippen molar-refractivity contribution in [1.29, 1.82) is 0 Å². The second-order valence-corrected chi connectivity index (χ2v) is 8.19. The molecule has 5 nitrogen and oxygen atoms in total. The molecular formula is C22H27N5S. The Labute approximate surface area is 170 Å². The van der Waals surface area contributed by atoms with Crippen LogP contribution in [0.15, 0.2) is 47.5 Å². The molecule has 1 atom stereocenters. The van der Waals surface area contributed by atoms with Crippen molar-refractivity contribution in [3.05, 3.63) is 69.9 Å². The third-order valence-electron chi connectivity index (χ3n) is 5.28. The third-order valence-corrected chi connectivity index (χ3v) is 6.02. The van der Waals surface area contributed by atoms with Gasteiger partial charge in [0, 0.05) is 43.8 Å². The number of thiophene rings is 1. The normalized spacial score (nSPS) is 15.5. The molecule has 0 radical (unpaired) electrons. The van der Waals surface area contributed by atoms with E-state index in [4.69, 9.17) is 0 Å². The fraction of sp³-hybridized carbons (Fsp3) is 0.409. The first-order chi connectivity index (χ1) is 13.8. The minimum Gasteiger partial charge on any atom is -0.341 e. The summed E-state index contributed by atoms with van der Waals surface area (Å²) in [7, 11) is 0. The van der Waals surface area contributed by atoms with E-state index in [-0.39, 0.29) is 6.04 Å². The Morgan fingerprint density at radius 3 is 2.61 bits per heavy atom. The first kappa shape index (κ1) is 19.0. The van der Waals surface area contributed by atoms with Gasteiger partial charge in [-0.25, -0.2) is 9.97 Å². The highest BCUT2D eigenvalue weighted by Gasteiger charge is 2.17. The van der Waals surface area contributed by atoms with E-state index in [0.717, 1.165) is 43.3 Å². The maximum atomic E-state index is 4.65. The number of anilines is 1. The van der Waals surface area contributed by atoms with Crippen molar-refractivity contribution >= 4 is 17.3 Å². The number of hydrogen-bond donors (Lipinski definition) is 1. The molecule has 3 aromatic heterocycles. The molecule has 0 aromatic carbocycles. The molecule has 0 bridgehead atoms. The lowest BCUT2D eigenvalue weighted by molar-refractivity contribution is 0.514. The van der Waals surface area contributed by atoms with E-state index in [1.807, 2.05) is 24.7 Å². The second-order valence-electron chi connectivity index (χ2n) is 7.41. The number of rotatable bonds is 7. The van der Waals surface area contributed by atoms with Crippen LogP contribution in [-0.2, 0) is 13.0 Å². The molecular weight excluding hydrogens is 366 g/mol. The Hall–Kier alpha value is -2.31. The Kier molecular flexibility index (Phi) is 6.29. The summed E-state index contributed by atoms with van der Waals surface area (Å²) < 4.78 is 0. The van der Waals surface area contributed by atoms with E-state index in [9.17, 15) is 0 Å². The molecule has 1 saturated heterocycles. The highest BCUT2D eigenvalue weighted by molar-refractivity contribution is 7.07. The summed E-state index contributed by atoms with van der Waals surface area (Å²) in [5.74, 6) is 0.860. The zero-order chi connectivity index (χ0) is 19.2. The minimum atomic E-state index is 0.164. The SMILES string of the molecule is Cc1cccnc1[C@H](Cc1ccsc1)NCc1cnc(N2CCCCC2)nc1. The molecule has 4 rings (SSSR count). The average molecular weight is 394 g/mol. The van der Waals surface area contributed by atoms with Crippen molar-refractivity contribution in [1.82, 2.24) is 20.3 Å². The van der Waals surface area contributed by atoms with Crippen LogP contribution in [-0.4, -0.2) is 28.0 Å².